The van der Waals surface area contributed by atoms with Gasteiger partial charge in [0.15, 0.2) is 0 Å². The summed E-state index contributed by atoms with van der Waals surface area (Å²) in [7, 11) is 0. The highest BCUT2D eigenvalue weighted by Gasteiger charge is 2.28. The van der Waals surface area contributed by atoms with Gasteiger partial charge in [-0.15, -0.1) is 0 Å². The van der Waals surface area contributed by atoms with Crippen molar-refractivity contribution in [3.05, 3.63) is 38.9 Å². The number of hydrogen-bond acceptors (Lipinski definition) is 4. The summed E-state index contributed by atoms with van der Waals surface area (Å²) in [6.45, 7) is 2.79. The number of nitro groups is 1. The van der Waals surface area contributed by atoms with Gasteiger partial charge < -0.3 is 10.0 Å². The van der Waals surface area contributed by atoms with Crippen molar-refractivity contribution >= 4 is 23.2 Å². The number of carbonyl (C=O) groups excluding carboxylic acids is 1. The number of nitro benzene ring substituents is 1. The first-order valence-corrected chi connectivity index (χ1v) is 7.13. The summed E-state index contributed by atoms with van der Waals surface area (Å²) >= 11 is 5.83. The highest BCUT2D eigenvalue weighted by Crippen LogP contribution is 2.27. The van der Waals surface area contributed by atoms with Gasteiger partial charge in [-0.25, -0.2) is 0 Å². The molecule has 1 unspecified atom stereocenters. The van der Waals surface area contributed by atoms with Crippen LogP contribution in [0.5, 0.6) is 0 Å². The second-order valence-corrected chi connectivity index (χ2v) is 5.97. The number of likely N-dealkylation sites (tertiary alicyclic amines) is 1. The Bertz CT molecular complexity index is 574. The molecule has 1 fully saturated rings. The van der Waals surface area contributed by atoms with Crippen LogP contribution in [-0.4, -0.2) is 39.5 Å². The quantitative estimate of drug-likeness (QED) is 0.672. The van der Waals surface area contributed by atoms with Gasteiger partial charge in [0.1, 0.15) is 5.02 Å². The van der Waals surface area contributed by atoms with Crippen LogP contribution >= 0.6 is 11.6 Å². The molecular formula is C14H17ClN2O4. The molecule has 0 bridgehead atoms. The summed E-state index contributed by atoms with van der Waals surface area (Å²) in [4.78, 5) is 24.2. The predicted octanol–water partition coefficient (Wildman–Crippen LogP) is 2.63. The molecule has 21 heavy (non-hydrogen) atoms. The molecule has 1 aromatic carbocycles. The van der Waals surface area contributed by atoms with Gasteiger partial charge in [-0.3, -0.25) is 14.9 Å². The second-order valence-electron chi connectivity index (χ2n) is 5.57. The van der Waals surface area contributed by atoms with E-state index in [0.29, 0.717) is 31.5 Å². The fourth-order valence-corrected chi connectivity index (χ4v) is 2.69. The summed E-state index contributed by atoms with van der Waals surface area (Å²) in [6.07, 6.45) is 1.89. The highest BCUT2D eigenvalue weighted by atomic mass is 35.5. The summed E-state index contributed by atoms with van der Waals surface area (Å²) < 4.78 is 0. The molecular weight excluding hydrogens is 296 g/mol. The van der Waals surface area contributed by atoms with Crippen LogP contribution in [0, 0.1) is 10.1 Å². The number of aliphatic hydroxyl groups is 1. The van der Waals surface area contributed by atoms with Crippen LogP contribution in [0.25, 0.3) is 0 Å². The number of carbonyl (C=O) groups is 1. The molecule has 114 valence electrons. The van der Waals surface area contributed by atoms with Crippen LogP contribution in [-0.2, 0) is 0 Å². The molecule has 0 aromatic heterocycles. The van der Waals surface area contributed by atoms with Gasteiger partial charge in [-0.2, -0.15) is 0 Å². The third kappa shape index (κ3) is 3.71. The molecule has 1 atom stereocenters. The van der Waals surface area contributed by atoms with E-state index >= 15 is 0 Å². The van der Waals surface area contributed by atoms with Crippen molar-refractivity contribution in [1.82, 2.24) is 4.90 Å². The lowest BCUT2D eigenvalue weighted by Gasteiger charge is -2.22. The molecule has 1 amide bonds. The number of rotatable bonds is 2. The van der Waals surface area contributed by atoms with Gasteiger partial charge in [0, 0.05) is 24.7 Å². The Hall–Kier alpha value is -1.66. The van der Waals surface area contributed by atoms with Crippen LogP contribution < -0.4 is 0 Å². The molecule has 2 rings (SSSR count). The molecule has 1 aromatic rings. The van der Waals surface area contributed by atoms with E-state index in [0.717, 1.165) is 6.42 Å². The second kappa shape index (κ2) is 5.99. The van der Waals surface area contributed by atoms with E-state index in [4.69, 9.17) is 11.6 Å². The number of nitrogens with zero attached hydrogens (tertiary/aromatic N) is 2. The van der Waals surface area contributed by atoms with Crippen molar-refractivity contribution in [1.29, 1.82) is 0 Å². The standard InChI is InChI=1S/C14H17ClN2O4/c1-14(19)5-2-7-16(8-6-14)13(18)10-3-4-12(17(20)21)11(15)9-10/h3-4,9,19H,2,5-8H2,1H3. The van der Waals surface area contributed by atoms with E-state index in [9.17, 15) is 20.0 Å². The Balaban J connectivity index is 2.16. The SMILES string of the molecule is CC1(O)CCCN(C(=O)c2ccc([N+](=O)[O-])c(Cl)c2)CC1. The van der Waals surface area contributed by atoms with E-state index in [2.05, 4.69) is 0 Å². The highest BCUT2D eigenvalue weighted by molar-refractivity contribution is 6.33. The molecule has 0 saturated carbocycles. The number of benzene rings is 1. The summed E-state index contributed by atoms with van der Waals surface area (Å²) in [5.41, 5.74) is -0.638. The van der Waals surface area contributed by atoms with Crippen LogP contribution in [0.3, 0.4) is 0 Å². The van der Waals surface area contributed by atoms with Crippen LogP contribution in [0.2, 0.25) is 5.02 Å². The van der Waals surface area contributed by atoms with E-state index in [-0.39, 0.29) is 16.6 Å². The molecule has 0 radical (unpaired) electrons. The zero-order valence-corrected chi connectivity index (χ0v) is 12.5. The normalized spacial score (nSPS) is 22.7. The van der Waals surface area contributed by atoms with E-state index in [1.807, 2.05) is 0 Å². The van der Waals surface area contributed by atoms with Crippen molar-refractivity contribution in [2.24, 2.45) is 0 Å². The van der Waals surface area contributed by atoms with Gasteiger partial charge in [0.05, 0.1) is 10.5 Å². The lowest BCUT2D eigenvalue weighted by Crippen LogP contribution is -2.33. The molecule has 6 nitrogen and oxygen atoms in total. The summed E-state index contributed by atoms with van der Waals surface area (Å²) in [5, 5.41) is 20.7. The molecule has 7 heteroatoms. The summed E-state index contributed by atoms with van der Waals surface area (Å²) in [6, 6.07) is 3.98. The largest absolute Gasteiger partial charge is 0.390 e. The first-order valence-electron chi connectivity index (χ1n) is 6.76. The third-order valence-corrected chi connectivity index (χ3v) is 4.04. The lowest BCUT2D eigenvalue weighted by molar-refractivity contribution is -0.384. The van der Waals surface area contributed by atoms with Crippen molar-refractivity contribution in [3.63, 3.8) is 0 Å². The third-order valence-electron chi connectivity index (χ3n) is 3.74. The van der Waals surface area contributed by atoms with E-state index in [1.54, 1.807) is 11.8 Å². The van der Waals surface area contributed by atoms with E-state index < -0.39 is 10.5 Å². The molecule has 0 aliphatic carbocycles. The van der Waals surface area contributed by atoms with Crippen molar-refractivity contribution in [2.75, 3.05) is 13.1 Å². The Morgan fingerprint density at radius 2 is 2.14 bits per heavy atom. The van der Waals surface area contributed by atoms with Gasteiger partial charge in [-0.05, 0) is 38.3 Å². The van der Waals surface area contributed by atoms with Gasteiger partial charge in [0.2, 0.25) is 0 Å². The Morgan fingerprint density at radius 1 is 1.43 bits per heavy atom. The van der Waals surface area contributed by atoms with E-state index in [1.165, 1.54) is 18.2 Å². The first-order chi connectivity index (χ1) is 9.80. The van der Waals surface area contributed by atoms with Gasteiger partial charge >= 0.3 is 0 Å². The van der Waals surface area contributed by atoms with Crippen molar-refractivity contribution in [2.45, 2.75) is 31.8 Å². The maximum atomic E-state index is 12.4. The van der Waals surface area contributed by atoms with Crippen LogP contribution in [0.4, 0.5) is 5.69 Å². The fourth-order valence-electron chi connectivity index (χ4n) is 2.44. The topological polar surface area (TPSA) is 83.7 Å². The smallest absolute Gasteiger partial charge is 0.287 e. The first kappa shape index (κ1) is 15.7. The van der Waals surface area contributed by atoms with Gasteiger partial charge in [-0.1, -0.05) is 11.6 Å². The molecule has 1 saturated heterocycles. The number of halogens is 1. The monoisotopic (exact) mass is 312 g/mol. The minimum Gasteiger partial charge on any atom is -0.390 e. The summed E-state index contributed by atoms with van der Waals surface area (Å²) in [5.74, 6) is -0.218. The minimum atomic E-state index is -0.748. The Morgan fingerprint density at radius 3 is 2.76 bits per heavy atom. The number of amides is 1. The van der Waals surface area contributed by atoms with Crippen molar-refractivity contribution in [3.8, 4) is 0 Å². The van der Waals surface area contributed by atoms with Crippen molar-refractivity contribution < 1.29 is 14.8 Å². The minimum absolute atomic E-state index is 0.0485. The Labute approximate surface area is 127 Å². The van der Waals surface area contributed by atoms with Crippen LogP contribution in [0.1, 0.15) is 36.5 Å². The van der Waals surface area contributed by atoms with Gasteiger partial charge in [0.25, 0.3) is 11.6 Å². The maximum absolute atomic E-state index is 12.4. The average Bonchev–Trinajstić information content (AvgIpc) is 2.58. The van der Waals surface area contributed by atoms with Crippen LogP contribution in [0.15, 0.2) is 18.2 Å². The lowest BCUT2D eigenvalue weighted by atomic mass is 9.98. The fraction of sp³-hybridized carbons (Fsp3) is 0.500. The predicted molar refractivity (Wildman–Crippen MR) is 78.5 cm³/mol. The molecule has 0 spiro atoms. The molecule has 1 N–H and O–H groups in total. The molecule has 1 aliphatic rings. The Kier molecular flexibility index (Phi) is 4.49. The average molecular weight is 313 g/mol. The molecule has 1 aliphatic heterocycles. The zero-order valence-electron chi connectivity index (χ0n) is 11.7. The molecule has 1 heterocycles. The zero-order chi connectivity index (χ0) is 15.6. The number of hydrogen-bond donors (Lipinski definition) is 1. The maximum Gasteiger partial charge on any atom is 0.287 e.